The van der Waals surface area contributed by atoms with Gasteiger partial charge < -0.3 is 29.6 Å². The molecule has 0 spiro atoms. The molecule has 2 rings (SSSR count). The lowest BCUT2D eigenvalue weighted by molar-refractivity contribution is 0.145. The van der Waals surface area contributed by atoms with Crippen molar-refractivity contribution in [2.45, 2.75) is 26.3 Å². The van der Waals surface area contributed by atoms with Gasteiger partial charge in [-0.25, -0.2) is 0 Å². The second kappa shape index (κ2) is 13.4. The summed E-state index contributed by atoms with van der Waals surface area (Å²) in [6, 6.07) is 12.2. The Morgan fingerprint density at radius 3 is 2.42 bits per heavy atom. The number of aliphatic imine (C=N–C) groups is 1. The van der Waals surface area contributed by atoms with Crippen LogP contribution in [-0.4, -0.2) is 54.1 Å². The van der Waals surface area contributed by atoms with Gasteiger partial charge in [-0.05, 0) is 49.1 Å². The SMILES string of the molecule is CN=C(NCCCc1ccc(OC)c(OC)c1)NCc1ccc(C)cc1OCCOC. The molecule has 0 aliphatic rings. The molecule has 0 fully saturated rings. The van der Waals surface area contributed by atoms with E-state index in [-0.39, 0.29) is 0 Å². The monoisotopic (exact) mass is 429 g/mol. The molecule has 2 aromatic carbocycles. The van der Waals surface area contributed by atoms with Crippen LogP contribution in [0.5, 0.6) is 17.2 Å². The molecule has 2 aromatic rings. The summed E-state index contributed by atoms with van der Waals surface area (Å²) in [6.45, 7) is 4.57. The third-order valence-corrected chi connectivity index (χ3v) is 4.82. The average Bonchev–Trinajstić information content (AvgIpc) is 2.79. The maximum Gasteiger partial charge on any atom is 0.191 e. The number of benzene rings is 2. The zero-order valence-corrected chi connectivity index (χ0v) is 19.3. The van der Waals surface area contributed by atoms with Gasteiger partial charge in [0.25, 0.3) is 0 Å². The summed E-state index contributed by atoms with van der Waals surface area (Å²) in [5.74, 6) is 3.13. The summed E-state index contributed by atoms with van der Waals surface area (Å²) in [5, 5.41) is 6.73. The van der Waals surface area contributed by atoms with Crippen LogP contribution >= 0.6 is 0 Å². The molecule has 0 radical (unpaired) electrons. The summed E-state index contributed by atoms with van der Waals surface area (Å²) >= 11 is 0. The molecule has 7 nitrogen and oxygen atoms in total. The smallest absolute Gasteiger partial charge is 0.191 e. The lowest BCUT2D eigenvalue weighted by Crippen LogP contribution is -2.37. The van der Waals surface area contributed by atoms with Crippen LogP contribution in [0.3, 0.4) is 0 Å². The fourth-order valence-corrected chi connectivity index (χ4v) is 3.11. The van der Waals surface area contributed by atoms with Gasteiger partial charge in [0.2, 0.25) is 0 Å². The van der Waals surface area contributed by atoms with Gasteiger partial charge in [0.05, 0.1) is 20.8 Å². The highest BCUT2D eigenvalue weighted by Crippen LogP contribution is 2.27. The number of nitrogens with zero attached hydrogens (tertiary/aromatic N) is 1. The Bertz CT molecular complexity index is 840. The van der Waals surface area contributed by atoms with Crippen LogP contribution in [0.25, 0.3) is 0 Å². The maximum atomic E-state index is 5.86. The van der Waals surface area contributed by atoms with E-state index in [0.717, 1.165) is 53.7 Å². The van der Waals surface area contributed by atoms with E-state index in [1.807, 2.05) is 18.2 Å². The van der Waals surface area contributed by atoms with E-state index in [9.17, 15) is 0 Å². The molecule has 0 heterocycles. The van der Waals surface area contributed by atoms with Crippen molar-refractivity contribution in [3.05, 3.63) is 53.1 Å². The van der Waals surface area contributed by atoms with E-state index in [2.05, 4.69) is 40.7 Å². The Morgan fingerprint density at radius 2 is 1.71 bits per heavy atom. The van der Waals surface area contributed by atoms with Crippen molar-refractivity contribution in [3.8, 4) is 17.2 Å². The number of methoxy groups -OCH3 is 3. The van der Waals surface area contributed by atoms with E-state index in [0.29, 0.717) is 19.8 Å². The molecule has 31 heavy (non-hydrogen) atoms. The van der Waals surface area contributed by atoms with Crippen molar-refractivity contribution in [2.24, 2.45) is 4.99 Å². The molecule has 0 saturated carbocycles. The molecule has 0 unspecified atom stereocenters. The van der Waals surface area contributed by atoms with Crippen LogP contribution in [0, 0.1) is 6.92 Å². The van der Waals surface area contributed by atoms with Gasteiger partial charge in [0.1, 0.15) is 12.4 Å². The number of guanidine groups is 1. The third-order valence-electron chi connectivity index (χ3n) is 4.82. The van der Waals surface area contributed by atoms with Gasteiger partial charge in [-0.15, -0.1) is 0 Å². The first-order chi connectivity index (χ1) is 15.1. The minimum absolute atomic E-state index is 0.524. The first-order valence-corrected chi connectivity index (χ1v) is 10.5. The fraction of sp³-hybridized carbons (Fsp3) is 0.458. The third kappa shape index (κ3) is 8.02. The molecular weight excluding hydrogens is 394 g/mol. The van der Waals surface area contributed by atoms with E-state index in [1.54, 1.807) is 28.4 Å². The van der Waals surface area contributed by atoms with Crippen LogP contribution in [0.4, 0.5) is 0 Å². The van der Waals surface area contributed by atoms with Gasteiger partial charge in [-0.1, -0.05) is 18.2 Å². The van der Waals surface area contributed by atoms with Crippen LogP contribution < -0.4 is 24.8 Å². The number of hydrogen-bond donors (Lipinski definition) is 2. The van der Waals surface area contributed by atoms with Gasteiger partial charge in [0, 0.05) is 32.8 Å². The Kier molecular flexibility index (Phi) is 10.5. The van der Waals surface area contributed by atoms with E-state index in [1.165, 1.54) is 5.56 Å². The molecule has 0 atom stereocenters. The molecule has 0 aliphatic carbocycles. The highest BCUT2D eigenvalue weighted by Gasteiger charge is 2.07. The summed E-state index contributed by atoms with van der Waals surface area (Å²) in [4.78, 5) is 4.32. The van der Waals surface area contributed by atoms with Crippen LogP contribution in [0.15, 0.2) is 41.4 Å². The quantitative estimate of drug-likeness (QED) is 0.306. The Balaban J connectivity index is 1.82. The minimum Gasteiger partial charge on any atom is -0.493 e. The summed E-state index contributed by atoms with van der Waals surface area (Å²) in [7, 11) is 6.74. The summed E-state index contributed by atoms with van der Waals surface area (Å²) in [5.41, 5.74) is 3.45. The lowest BCUT2D eigenvalue weighted by atomic mass is 10.1. The molecule has 0 bridgehead atoms. The van der Waals surface area contributed by atoms with Crippen molar-refractivity contribution in [2.75, 3.05) is 48.1 Å². The number of nitrogens with one attached hydrogen (secondary N) is 2. The van der Waals surface area contributed by atoms with Crippen molar-refractivity contribution in [3.63, 3.8) is 0 Å². The molecule has 7 heteroatoms. The van der Waals surface area contributed by atoms with E-state index < -0.39 is 0 Å². The van der Waals surface area contributed by atoms with E-state index >= 15 is 0 Å². The van der Waals surface area contributed by atoms with Gasteiger partial charge in [0.15, 0.2) is 17.5 Å². The second-order valence-corrected chi connectivity index (χ2v) is 7.10. The minimum atomic E-state index is 0.524. The highest BCUT2D eigenvalue weighted by atomic mass is 16.5. The van der Waals surface area contributed by atoms with Crippen LogP contribution in [0.2, 0.25) is 0 Å². The molecular formula is C24H35N3O4. The van der Waals surface area contributed by atoms with Gasteiger partial charge >= 0.3 is 0 Å². The Labute approximate surface area is 185 Å². The number of hydrogen-bond acceptors (Lipinski definition) is 5. The zero-order chi connectivity index (χ0) is 22.5. The Morgan fingerprint density at radius 1 is 0.903 bits per heavy atom. The van der Waals surface area contributed by atoms with Crippen molar-refractivity contribution in [1.82, 2.24) is 10.6 Å². The van der Waals surface area contributed by atoms with Crippen LogP contribution in [0.1, 0.15) is 23.1 Å². The van der Waals surface area contributed by atoms with Crippen molar-refractivity contribution >= 4 is 5.96 Å². The first kappa shape index (κ1) is 24.3. The number of aryl methyl sites for hydroxylation is 2. The van der Waals surface area contributed by atoms with Crippen LogP contribution in [-0.2, 0) is 17.7 Å². The first-order valence-electron chi connectivity index (χ1n) is 10.5. The average molecular weight is 430 g/mol. The molecule has 0 aliphatic heterocycles. The molecule has 0 saturated heterocycles. The lowest BCUT2D eigenvalue weighted by Gasteiger charge is -2.15. The highest BCUT2D eigenvalue weighted by molar-refractivity contribution is 5.79. The van der Waals surface area contributed by atoms with Gasteiger partial charge in [-0.3, -0.25) is 4.99 Å². The second-order valence-electron chi connectivity index (χ2n) is 7.10. The summed E-state index contributed by atoms with van der Waals surface area (Å²) < 4.78 is 21.6. The number of ether oxygens (including phenoxy) is 4. The zero-order valence-electron chi connectivity index (χ0n) is 19.3. The normalized spacial score (nSPS) is 11.2. The Hall–Kier alpha value is -2.93. The molecule has 0 aromatic heterocycles. The number of rotatable bonds is 12. The van der Waals surface area contributed by atoms with Gasteiger partial charge in [-0.2, -0.15) is 0 Å². The van der Waals surface area contributed by atoms with Crippen molar-refractivity contribution < 1.29 is 18.9 Å². The molecule has 170 valence electrons. The van der Waals surface area contributed by atoms with Crippen molar-refractivity contribution in [1.29, 1.82) is 0 Å². The standard InChI is InChI=1S/C24H35N3O4/c1-18-8-10-20(22(15-18)31-14-13-28-3)17-27-24(25-2)26-12-6-7-19-9-11-21(29-4)23(16-19)30-5/h8-11,15-16H,6-7,12-14,17H2,1-5H3,(H2,25,26,27). The topological polar surface area (TPSA) is 73.3 Å². The maximum absolute atomic E-state index is 5.86. The van der Waals surface area contributed by atoms with E-state index in [4.69, 9.17) is 18.9 Å². The summed E-state index contributed by atoms with van der Waals surface area (Å²) in [6.07, 6.45) is 1.89. The fourth-order valence-electron chi connectivity index (χ4n) is 3.11. The predicted molar refractivity (Wildman–Crippen MR) is 125 cm³/mol. The molecule has 0 amide bonds. The largest absolute Gasteiger partial charge is 0.493 e. The predicted octanol–water partition coefficient (Wildman–Crippen LogP) is 3.34. The molecule has 2 N–H and O–H groups in total.